The van der Waals surface area contributed by atoms with Gasteiger partial charge in [-0.05, 0) is 61.9 Å². The number of carbonyl (C=O) groups is 1. The second-order valence-electron chi connectivity index (χ2n) is 6.97. The van der Waals surface area contributed by atoms with Crippen molar-refractivity contribution >= 4 is 23.3 Å². The van der Waals surface area contributed by atoms with Crippen LogP contribution in [0, 0.1) is 19.7 Å². The predicted octanol–water partition coefficient (Wildman–Crippen LogP) is 5.41. The van der Waals surface area contributed by atoms with Crippen molar-refractivity contribution in [2.24, 2.45) is 0 Å². The van der Waals surface area contributed by atoms with Gasteiger partial charge in [0.15, 0.2) is 0 Å². The lowest BCUT2D eigenvalue weighted by atomic mass is 10.1. The van der Waals surface area contributed by atoms with Gasteiger partial charge < -0.3 is 5.32 Å². The van der Waals surface area contributed by atoms with Crippen LogP contribution in [0.4, 0.5) is 10.1 Å². The molecule has 144 valence electrons. The van der Waals surface area contributed by atoms with Crippen LogP contribution in [0.2, 0.25) is 0 Å². The van der Waals surface area contributed by atoms with E-state index in [1.807, 2.05) is 60.8 Å². The van der Waals surface area contributed by atoms with E-state index in [9.17, 15) is 9.18 Å². The standard InChI is InChI=1S/C24H20FN3O/c1-16-3-5-18(6-4-16)24-21(28-14-13-17(2)15-22(28)27-24)11-12-23(29)26-20-9-7-19(25)8-10-20/h3-15H,1-2H3,(H,26,29)/b12-11+. The van der Waals surface area contributed by atoms with Crippen LogP contribution in [-0.4, -0.2) is 15.3 Å². The van der Waals surface area contributed by atoms with Gasteiger partial charge >= 0.3 is 0 Å². The molecule has 1 N–H and O–H groups in total. The molecule has 0 atom stereocenters. The van der Waals surface area contributed by atoms with E-state index in [4.69, 9.17) is 4.98 Å². The Morgan fingerprint density at radius 1 is 1.00 bits per heavy atom. The number of benzene rings is 2. The highest BCUT2D eigenvalue weighted by Crippen LogP contribution is 2.26. The van der Waals surface area contributed by atoms with Gasteiger partial charge in [0, 0.05) is 23.5 Å². The van der Waals surface area contributed by atoms with E-state index in [2.05, 4.69) is 5.32 Å². The highest BCUT2D eigenvalue weighted by Gasteiger charge is 2.12. The molecule has 29 heavy (non-hydrogen) atoms. The Morgan fingerprint density at radius 3 is 2.45 bits per heavy atom. The van der Waals surface area contributed by atoms with E-state index in [0.29, 0.717) is 5.69 Å². The fourth-order valence-corrected chi connectivity index (χ4v) is 3.12. The topological polar surface area (TPSA) is 46.4 Å². The van der Waals surface area contributed by atoms with E-state index < -0.39 is 0 Å². The third-order valence-electron chi connectivity index (χ3n) is 4.65. The molecule has 0 spiro atoms. The number of anilines is 1. The van der Waals surface area contributed by atoms with Crippen molar-refractivity contribution in [3.63, 3.8) is 0 Å². The normalized spacial score (nSPS) is 11.3. The lowest BCUT2D eigenvalue weighted by Crippen LogP contribution is -2.07. The predicted molar refractivity (Wildman–Crippen MR) is 114 cm³/mol. The Bertz CT molecular complexity index is 1210. The molecule has 2 aromatic carbocycles. The lowest BCUT2D eigenvalue weighted by Gasteiger charge is -2.03. The summed E-state index contributed by atoms with van der Waals surface area (Å²) in [5.41, 5.74) is 6.24. The average molecular weight is 385 g/mol. The first-order valence-electron chi connectivity index (χ1n) is 9.30. The molecule has 4 rings (SSSR count). The number of aryl methyl sites for hydroxylation is 2. The maximum Gasteiger partial charge on any atom is 0.248 e. The summed E-state index contributed by atoms with van der Waals surface area (Å²) in [6.45, 7) is 4.06. The molecule has 0 radical (unpaired) electrons. The minimum Gasteiger partial charge on any atom is -0.323 e. The van der Waals surface area contributed by atoms with Gasteiger partial charge in [-0.15, -0.1) is 0 Å². The summed E-state index contributed by atoms with van der Waals surface area (Å²) >= 11 is 0. The number of imidazole rings is 1. The maximum absolute atomic E-state index is 13.0. The van der Waals surface area contributed by atoms with Crippen molar-refractivity contribution in [3.8, 4) is 11.3 Å². The second kappa shape index (κ2) is 7.72. The first-order valence-corrected chi connectivity index (χ1v) is 9.30. The monoisotopic (exact) mass is 385 g/mol. The fraction of sp³-hybridized carbons (Fsp3) is 0.0833. The molecule has 0 saturated carbocycles. The molecule has 0 aliphatic carbocycles. The number of hydrogen-bond donors (Lipinski definition) is 1. The number of fused-ring (bicyclic) bond motifs is 1. The van der Waals surface area contributed by atoms with Gasteiger partial charge in [0.25, 0.3) is 0 Å². The Hall–Kier alpha value is -3.73. The summed E-state index contributed by atoms with van der Waals surface area (Å²) in [5.74, 6) is -0.643. The number of halogens is 1. The first kappa shape index (κ1) is 18.6. The summed E-state index contributed by atoms with van der Waals surface area (Å²) in [6, 6.07) is 17.8. The molecule has 1 amide bonds. The van der Waals surface area contributed by atoms with Gasteiger partial charge in [0.1, 0.15) is 11.5 Å². The van der Waals surface area contributed by atoms with Crippen LogP contribution in [0.3, 0.4) is 0 Å². The molecule has 4 nitrogen and oxygen atoms in total. The smallest absolute Gasteiger partial charge is 0.248 e. The Balaban J connectivity index is 1.70. The van der Waals surface area contributed by atoms with Gasteiger partial charge in [-0.1, -0.05) is 29.8 Å². The zero-order valence-electron chi connectivity index (χ0n) is 16.2. The molecule has 4 aromatic rings. The molecule has 2 heterocycles. The van der Waals surface area contributed by atoms with Gasteiger partial charge in [-0.3, -0.25) is 9.20 Å². The lowest BCUT2D eigenvalue weighted by molar-refractivity contribution is -0.111. The van der Waals surface area contributed by atoms with Crippen molar-refractivity contribution in [2.75, 3.05) is 5.32 Å². The molecule has 0 unspecified atom stereocenters. The number of rotatable bonds is 4. The zero-order valence-corrected chi connectivity index (χ0v) is 16.2. The molecule has 0 saturated heterocycles. The molecular formula is C24H20FN3O. The van der Waals surface area contributed by atoms with Crippen molar-refractivity contribution in [3.05, 3.63) is 95.6 Å². The Morgan fingerprint density at radius 2 is 1.72 bits per heavy atom. The Kier molecular flexibility index (Phi) is 4.96. The van der Waals surface area contributed by atoms with E-state index in [1.54, 1.807) is 6.08 Å². The van der Waals surface area contributed by atoms with Gasteiger partial charge in [0.2, 0.25) is 5.91 Å². The van der Waals surface area contributed by atoms with E-state index in [-0.39, 0.29) is 11.7 Å². The second-order valence-corrected chi connectivity index (χ2v) is 6.97. The SMILES string of the molecule is Cc1ccc(-c2nc3cc(C)ccn3c2/C=C/C(=O)Nc2ccc(F)cc2)cc1. The summed E-state index contributed by atoms with van der Waals surface area (Å²) in [5, 5.41) is 2.73. The van der Waals surface area contributed by atoms with Crippen molar-refractivity contribution in [2.45, 2.75) is 13.8 Å². The number of amides is 1. The minimum atomic E-state index is -0.345. The highest BCUT2D eigenvalue weighted by atomic mass is 19.1. The van der Waals surface area contributed by atoms with Gasteiger partial charge in [-0.25, -0.2) is 9.37 Å². The summed E-state index contributed by atoms with van der Waals surface area (Å²) in [6.07, 6.45) is 5.17. The van der Waals surface area contributed by atoms with Crippen LogP contribution in [0.25, 0.3) is 23.0 Å². The molecule has 0 aliphatic heterocycles. The highest BCUT2D eigenvalue weighted by molar-refractivity contribution is 6.02. The number of aromatic nitrogens is 2. The molecule has 2 aromatic heterocycles. The largest absolute Gasteiger partial charge is 0.323 e. The average Bonchev–Trinajstić information content (AvgIpc) is 3.06. The number of pyridine rings is 1. The minimum absolute atomic E-state index is 0.298. The van der Waals surface area contributed by atoms with Crippen LogP contribution >= 0.6 is 0 Å². The quantitative estimate of drug-likeness (QED) is 0.478. The van der Waals surface area contributed by atoms with Crippen LogP contribution in [0.5, 0.6) is 0 Å². The summed E-state index contributed by atoms with van der Waals surface area (Å²) in [7, 11) is 0. The molecule has 0 bridgehead atoms. The summed E-state index contributed by atoms with van der Waals surface area (Å²) < 4.78 is 15.0. The van der Waals surface area contributed by atoms with E-state index >= 15 is 0 Å². The van der Waals surface area contributed by atoms with Crippen molar-refractivity contribution in [1.29, 1.82) is 0 Å². The fourth-order valence-electron chi connectivity index (χ4n) is 3.12. The summed E-state index contributed by atoms with van der Waals surface area (Å²) in [4.78, 5) is 17.1. The third-order valence-corrected chi connectivity index (χ3v) is 4.65. The van der Waals surface area contributed by atoms with E-state index in [0.717, 1.165) is 28.2 Å². The molecular weight excluding hydrogens is 365 g/mol. The number of nitrogens with one attached hydrogen (secondary N) is 1. The first-order chi connectivity index (χ1) is 14.0. The third kappa shape index (κ3) is 4.09. The number of hydrogen-bond acceptors (Lipinski definition) is 2. The van der Waals surface area contributed by atoms with Crippen molar-refractivity contribution < 1.29 is 9.18 Å². The van der Waals surface area contributed by atoms with Crippen LogP contribution < -0.4 is 5.32 Å². The molecule has 0 fully saturated rings. The maximum atomic E-state index is 13.0. The Labute approximate surface area is 168 Å². The zero-order chi connectivity index (χ0) is 20.4. The molecule has 5 heteroatoms. The van der Waals surface area contributed by atoms with Crippen LogP contribution in [0.1, 0.15) is 16.8 Å². The molecule has 0 aliphatic rings. The van der Waals surface area contributed by atoms with Gasteiger partial charge in [0.05, 0.1) is 11.4 Å². The van der Waals surface area contributed by atoms with Crippen LogP contribution in [-0.2, 0) is 4.79 Å². The van der Waals surface area contributed by atoms with Gasteiger partial charge in [-0.2, -0.15) is 0 Å². The van der Waals surface area contributed by atoms with Crippen molar-refractivity contribution in [1.82, 2.24) is 9.38 Å². The van der Waals surface area contributed by atoms with E-state index in [1.165, 1.54) is 35.9 Å². The van der Waals surface area contributed by atoms with Crippen LogP contribution in [0.15, 0.2) is 72.9 Å². The number of carbonyl (C=O) groups excluding carboxylic acids is 1. The number of nitrogens with zero attached hydrogens (tertiary/aromatic N) is 2.